The molecule has 2 aliphatic rings. The van der Waals surface area contributed by atoms with Crippen molar-refractivity contribution < 1.29 is 21.6 Å². The number of rotatable bonds is 3. The number of hydrogen-bond acceptors (Lipinski definition) is 5. The zero-order valence-corrected chi connectivity index (χ0v) is 18.4. The molecule has 4 rings (SSSR count). The molecule has 0 amide bonds. The van der Waals surface area contributed by atoms with Gasteiger partial charge in [-0.15, -0.1) is 0 Å². The monoisotopic (exact) mass is 494 g/mol. The van der Waals surface area contributed by atoms with Crippen LogP contribution in [0.4, 0.5) is 18.9 Å². The van der Waals surface area contributed by atoms with Gasteiger partial charge in [-0.05, 0) is 35.9 Å². The summed E-state index contributed by atoms with van der Waals surface area (Å²) < 4.78 is 64.1. The summed E-state index contributed by atoms with van der Waals surface area (Å²) in [6.07, 6.45) is -4.55. The van der Waals surface area contributed by atoms with Crippen LogP contribution in [0.3, 0.4) is 0 Å². The van der Waals surface area contributed by atoms with Crippen molar-refractivity contribution >= 4 is 55.7 Å². The Morgan fingerprint density at radius 1 is 1.10 bits per heavy atom. The molecule has 4 nitrogen and oxygen atoms in total. The minimum absolute atomic E-state index is 0.104. The van der Waals surface area contributed by atoms with Crippen molar-refractivity contribution in [2.75, 3.05) is 16.4 Å². The van der Waals surface area contributed by atoms with E-state index in [2.05, 4.69) is 4.99 Å². The Morgan fingerprint density at radius 3 is 2.47 bits per heavy atom. The standard InChI is InChI=1S/C19H15Cl2F3N2O2S2/c20-13-4-1-11(2-5-13)8-29-18-25-15-9-30(27,28)10-17(15)26(18)16-7-12(19(22,23)24)3-6-14(16)21/h1-7,15,17H,8-10H2/t15-,17-/m1/s1. The molecule has 30 heavy (non-hydrogen) atoms. The Morgan fingerprint density at radius 2 is 1.80 bits per heavy atom. The normalized spacial score (nSPS) is 22.8. The van der Waals surface area contributed by atoms with Crippen molar-refractivity contribution in [3.8, 4) is 0 Å². The smallest absolute Gasteiger partial charge is 0.313 e. The molecule has 1 fully saturated rings. The van der Waals surface area contributed by atoms with Crippen molar-refractivity contribution in [2.45, 2.75) is 24.0 Å². The molecule has 0 saturated carbocycles. The van der Waals surface area contributed by atoms with Crippen LogP contribution in [0.5, 0.6) is 0 Å². The number of thioether (sulfide) groups is 1. The van der Waals surface area contributed by atoms with Crippen LogP contribution in [-0.2, 0) is 21.8 Å². The van der Waals surface area contributed by atoms with Gasteiger partial charge in [-0.2, -0.15) is 13.2 Å². The fraction of sp³-hybridized carbons (Fsp3) is 0.316. The number of fused-ring (bicyclic) bond motifs is 1. The van der Waals surface area contributed by atoms with Crippen molar-refractivity contribution in [1.82, 2.24) is 0 Å². The van der Waals surface area contributed by atoms with Gasteiger partial charge in [0.15, 0.2) is 15.0 Å². The molecule has 1 saturated heterocycles. The minimum atomic E-state index is -4.55. The summed E-state index contributed by atoms with van der Waals surface area (Å²) in [6.45, 7) is 0. The first-order valence-corrected chi connectivity index (χ1v) is 12.4. The second kappa shape index (κ2) is 7.93. The SMILES string of the molecule is O=S1(=O)C[C@@H]2[C@@H](C1)N=C(SCc1ccc(Cl)cc1)N2c1cc(C(F)(F)F)ccc1Cl. The largest absolute Gasteiger partial charge is 0.416 e. The lowest BCUT2D eigenvalue weighted by Gasteiger charge is -2.28. The quantitative estimate of drug-likeness (QED) is 0.581. The van der Waals surface area contributed by atoms with E-state index in [1.807, 2.05) is 12.1 Å². The maximum atomic E-state index is 13.3. The number of hydrogen-bond donors (Lipinski definition) is 0. The molecular weight excluding hydrogens is 480 g/mol. The van der Waals surface area contributed by atoms with Crippen LogP contribution in [0, 0.1) is 0 Å². The van der Waals surface area contributed by atoms with E-state index >= 15 is 0 Å². The van der Waals surface area contributed by atoms with Gasteiger partial charge in [0.25, 0.3) is 0 Å². The summed E-state index contributed by atoms with van der Waals surface area (Å²) in [5, 5.41) is 1.16. The Hall–Kier alpha value is -1.42. The number of nitrogens with zero attached hydrogens (tertiary/aromatic N) is 2. The van der Waals surface area contributed by atoms with E-state index in [1.54, 1.807) is 17.0 Å². The summed E-state index contributed by atoms with van der Waals surface area (Å²) in [5.41, 5.74) is 0.207. The number of halogens is 5. The maximum absolute atomic E-state index is 13.3. The molecule has 0 spiro atoms. The third-order valence-corrected chi connectivity index (χ3v) is 8.23. The van der Waals surface area contributed by atoms with E-state index < -0.39 is 33.7 Å². The van der Waals surface area contributed by atoms with Crippen LogP contribution < -0.4 is 4.90 Å². The summed E-state index contributed by atoms with van der Waals surface area (Å²) in [7, 11) is -3.33. The Labute approximate surface area is 186 Å². The average Bonchev–Trinajstić information content (AvgIpc) is 3.12. The first-order valence-electron chi connectivity index (χ1n) is 8.85. The first-order chi connectivity index (χ1) is 14.0. The summed E-state index contributed by atoms with van der Waals surface area (Å²) in [5.74, 6) is 0.184. The molecule has 2 heterocycles. The van der Waals surface area contributed by atoms with E-state index in [1.165, 1.54) is 17.8 Å². The molecule has 11 heteroatoms. The second-order valence-electron chi connectivity index (χ2n) is 7.07. The lowest BCUT2D eigenvalue weighted by atomic mass is 10.1. The van der Waals surface area contributed by atoms with Gasteiger partial charge >= 0.3 is 6.18 Å². The first kappa shape index (κ1) is 21.8. The van der Waals surface area contributed by atoms with Crippen molar-refractivity contribution in [2.24, 2.45) is 4.99 Å². The fourth-order valence-electron chi connectivity index (χ4n) is 3.52. The van der Waals surface area contributed by atoms with E-state index in [0.29, 0.717) is 15.9 Å². The van der Waals surface area contributed by atoms with Gasteiger partial charge in [0.2, 0.25) is 0 Å². The van der Waals surface area contributed by atoms with Crippen LogP contribution in [0.15, 0.2) is 47.5 Å². The van der Waals surface area contributed by atoms with Crippen LogP contribution >= 0.6 is 35.0 Å². The second-order valence-corrected chi connectivity index (χ2v) is 11.0. The molecule has 2 aromatic rings. The van der Waals surface area contributed by atoms with E-state index in [-0.39, 0.29) is 22.2 Å². The maximum Gasteiger partial charge on any atom is 0.416 e. The van der Waals surface area contributed by atoms with E-state index in [0.717, 1.165) is 17.7 Å². The molecule has 0 N–H and O–H groups in total. The predicted molar refractivity (Wildman–Crippen MR) is 115 cm³/mol. The summed E-state index contributed by atoms with van der Waals surface area (Å²) in [4.78, 5) is 6.08. The molecule has 2 aliphatic heterocycles. The zero-order valence-electron chi connectivity index (χ0n) is 15.2. The number of anilines is 1. The van der Waals surface area contributed by atoms with Gasteiger partial charge in [0, 0.05) is 10.8 Å². The molecule has 0 radical (unpaired) electrons. The Kier molecular flexibility index (Phi) is 5.76. The van der Waals surface area contributed by atoms with Gasteiger partial charge in [0.05, 0.1) is 39.9 Å². The van der Waals surface area contributed by atoms with Crippen molar-refractivity contribution in [3.63, 3.8) is 0 Å². The Bertz CT molecular complexity index is 1110. The minimum Gasteiger partial charge on any atom is -0.313 e. The molecule has 160 valence electrons. The topological polar surface area (TPSA) is 49.7 Å². The summed E-state index contributed by atoms with van der Waals surface area (Å²) >= 11 is 13.5. The van der Waals surface area contributed by atoms with E-state index in [4.69, 9.17) is 23.2 Å². The third kappa shape index (κ3) is 4.44. The van der Waals surface area contributed by atoms with Crippen molar-refractivity contribution in [1.29, 1.82) is 0 Å². The van der Waals surface area contributed by atoms with Crippen LogP contribution in [0.2, 0.25) is 10.0 Å². The zero-order chi connectivity index (χ0) is 21.7. The van der Waals surface area contributed by atoms with Crippen LogP contribution in [0.25, 0.3) is 0 Å². The highest BCUT2D eigenvalue weighted by atomic mass is 35.5. The van der Waals surface area contributed by atoms with Gasteiger partial charge in [-0.3, -0.25) is 4.99 Å². The summed E-state index contributed by atoms with van der Waals surface area (Å²) in [6, 6.07) is 9.11. The molecule has 0 aliphatic carbocycles. The highest BCUT2D eigenvalue weighted by Gasteiger charge is 2.48. The molecule has 0 unspecified atom stereocenters. The van der Waals surface area contributed by atoms with Gasteiger partial charge < -0.3 is 4.90 Å². The number of amidine groups is 1. The lowest BCUT2D eigenvalue weighted by Crippen LogP contribution is -2.39. The highest BCUT2D eigenvalue weighted by molar-refractivity contribution is 8.13. The lowest BCUT2D eigenvalue weighted by molar-refractivity contribution is -0.137. The fourth-order valence-corrected chi connectivity index (χ4v) is 6.77. The molecule has 0 bridgehead atoms. The van der Waals surface area contributed by atoms with Gasteiger partial charge in [0.1, 0.15) is 0 Å². The van der Waals surface area contributed by atoms with Gasteiger partial charge in [-0.1, -0.05) is 47.1 Å². The van der Waals surface area contributed by atoms with Gasteiger partial charge in [-0.25, -0.2) is 8.42 Å². The number of aliphatic imine (C=N–C) groups is 1. The molecule has 2 atom stereocenters. The highest BCUT2D eigenvalue weighted by Crippen LogP contribution is 2.41. The third-order valence-electron chi connectivity index (χ3n) is 4.92. The number of alkyl halides is 3. The molecule has 2 aromatic carbocycles. The van der Waals surface area contributed by atoms with Crippen molar-refractivity contribution in [3.05, 3.63) is 63.6 Å². The van der Waals surface area contributed by atoms with E-state index in [9.17, 15) is 21.6 Å². The van der Waals surface area contributed by atoms with Crippen LogP contribution in [0.1, 0.15) is 11.1 Å². The predicted octanol–water partition coefficient (Wildman–Crippen LogP) is 5.29. The number of benzene rings is 2. The Balaban J connectivity index is 1.69. The average molecular weight is 495 g/mol. The molecule has 0 aromatic heterocycles. The number of sulfone groups is 1. The van der Waals surface area contributed by atoms with Crippen LogP contribution in [-0.4, -0.2) is 37.2 Å². The molecular formula is C19H15Cl2F3N2O2S2.